The number of aliphatic hydroxyl groups is 1. The highest BCUT2D eigenvalue weighted by atomic mass is 16.5. The molecule has 3 aromatic rings. The molecule has 0 saturated carbocycles. The molecule has 0 saturated heterocycles. The number of aliphatic hydroxyl groups excluding tert-OH is 1. The molecule has 1 aromatic heterocycles. The van der Waals surface area contributed by atoms with Gasteiger partial charge in [-0.3, -0.25) is 14.4 Å². The van der Waals surface area contributed by atoms with Gasteiger partial charge in [-0.15, -0.1) is 0 Å². The number of allylic oxidation sites excluding steroid dienone is 2. The lowest BCUT2D eigenvalue weighted by atomic mass is 9.92. The van der Waals surface area contributed by atoms with Gasteiger partial charge in [0.2, 0.25) is 11.8 Å². The van der Waals surface area contributed by atoms with Crippen LogP contribution in [-0.4, -0.2) is 58.1 Å². The van der Waals surface area contributed by atoms with Gasteiger partial charge in [-0.05, 0) is 54.9 Å². The minimum absolute atomic E-state index is 0.0361. The highest BCUT2D eigenvalue weighted by Gasteiger charge is 2.32. The highest BCUT2D eigenvalue weighted by molar-refractivity contribution is 5.87. The largest absolute Gasteiger partial charge is 0.463 e. The van der Waals surface area contributed by atoms with E-state index >= 15 is 0 Å². The van der Waals surface area contributed by atoms with E-state index in [1.165, 1.54) is 0 Å². The molecule has 0 fully saturated rings. The predicted molar refractivity (Wildman–Crippen MR) is 152 cm³/mol. The van der Waals surface area contributed by atoms with E-state index < -0.39 is 12.0 Å². The van der Waals surface area contributed by atoms with Gasteiger partial charge in [-0.25, -0.2) is 0 Å². The summed E-state index contributed by atoms with van der Waals surface area (Å²) >= 11 is 0. The number of rotatable bonds is 5. The molecule has 0 spiro atoms. The zero-order valence-corrected chi connectivity index (χ0v) is 22.7. The van der Waals surface area contributed by atoms with Crippen molar-refractivity contribution in [3.8, 4) is 0 Å². The van der Waals surface area contributed by atoms with Gasteiger partial charge >= 0.3 is 5.97 Å². The van der Waals surface area contributed by atoms with Gasteiger partial charge in [0.15, 0.2) is 0 Å². The minimum atomic E-state index is -0.581. The van der Waals surface area contributed by atoms with Crippen LogP contribution in [0.4, 0.5) is 0 Å². The van der Waals surface area contributed by atoms with Gasteiger partial charge in [-0.2, -0.15) is 0 Å². The Kier molecular flexibility index (Phi) is 8.96. The van der Waals surface area contributed by atoms with Crippen LogP contribution in [0.3, 0.4) is 0 Å². The number of para-hydroxylation sites is 1. The lowest BCUT2D eigenvalue weighted by Crippen LogP contribution is -2.48. The standard InChI is InChI=1S/C32H37N3O5/c36-20-27-16-22-9-5-6-11-24(22)19-35(27)30(37)17-23-10-3-1-2-4-14-31(38)40-21-26(34-32(23)39)15-25-18-33-29-13-8-7-12-28(25)29/h1,3,5-9,11-13,18,23,26-27,33,36H,2,4,10,14-17,19-21H2,(H,34,39). The molecule has 40 heavy (non-hydrogen) atoms. The maximum absolute atomic E-state index is 13.7. The number of aromatic amines is 1. The summed E-state index contributed by atoms with van der Waals surface area (Å²) in [4.78, 5) is 44.5. The third-order valence-corrected chi connectivity index (χ3v) is 7.95. The Hall–Kier alpha value is -3.91. The first kappa shape index (κ1) is 27.6. The second-order valence-electron chi connectivity index (χ2n) is 10.8. The lowest BCUT2D eigenvalue weighted by Gasteiger charge is -2.36. The number of benzene rings is 2. The normalized spacial score (nSPS) is 22.4. The van der Waals surface area contributed by atoms with Crippen molar-refractivity contribution in [2.45, 2.75) is 63.6 Å². The smallest absolute Gasteiger partial charge is 0.305 e. The summed E-state index contributed by atoms with van der Waals surface area (Å²) in [7, 11) is 0. The molecule has 3 N–H and O–H groups in total. The highest BCUT2D eigenvalue weighted by Crippen LogP contribution is 2.26. The molecule has 2 aliphatic rings. The predicted octanol–water partition coefficient (Wildman–Crippen LogP) is 3.82. The maximum atomic E-state index is 13.7. The summed E-state index contributed by atoms with van der Waals surface area (Å²) in [5, 5.41) is 14.2. The summed E-state index contributed by atoms with van der Waals surface area (Å²) in [6.45, 7) is 0.353. The Morgan fingerprint density at radius 2 is 1.85 bits per heavy atom. The van der Waals surface area contributed by atoms with Crippen LogP contribution in [0.15, 0.2) is 66.9 Å². The molecule has 0 bridgehead atoms. The van der Waals surface area contributed by atoms with Crippen LogP contribution in [0, 0.1) is 5.92 Å². The molecule has 2 aliphatic heterocycles. The van der Waals surface area contributed by atoms with E-state index in [1.807, 2.05) is 66.9 Å². The lowest BCUT2D eigenvalue weighted by molar-refractivity contribution is -0.145. The van der Waals surface area contributed by atoms with E-state index in [0.717, 1.165) is 27.6 Å². The molecule has 3 heterocycles. The van der Waals surface area contributed by atoms with Gasteiger partial charge in [-0.1, -0.05) is 54.6 Å². The average Bonchev–Trinajstić information content (AvgIpc) is 3.38. The molecule has 2 aromatic carbocycles. The second-order valence-corrected chi connectivity index (χ2v) is 10.8. The van der Waals surface area contributed by atoms with Crippen LogP contribution in [0.2, 0.25) is 0 Å². The zero-order chi connectivity index (χ0) is 27.9. The monoisotopic (exact) mass is 543 g/mol. The van der Waals surface area contributed by atoms with Crippen molar-refractivity contribution < 1.29 is 24.2 Å². The number of cyclic esters (lactones) is 1. The van der Waals surface area contributed by atoms with Gasteiger partial charge in [0.1, 0.15) is 6.61 Å². The fourth-order valence-electron chi connectivity index (χ4n) is 5.70. The molecule has 8 nitrogen and oxygen atoms in total. The summed E-state index contributed by atoms with van der Waals surface area (Å²) in [6, 6.07) is 15.2. The first-order valence-electron chi connectivity index (χ1n) is 14.1. The number of nitrogens with zero attached hydrogens (tertiary/aromatic N) is 1. The Balaban J connectivity index is 1.34. The topological polar surface area (TPSA) is 112 Å². The van der Waals surface area contributed by atoms with Crippen LogP contribution >= 0.6 is 0 Å². The van der Waals surface area contributed by atoms with E-state index in [9.17, 15) is 19.5 Å². The van der Waals surface area contributed by atoms with E-state index in [0.29, 0.717) is 45.1 Å². The third-order valence-electron chi connectivity index (χ3n) is 7.95. The summed E-state index contributed by atoms with van der Waals surface area (Å²) in [5.74, 6) is -1.25. The number of nitrogens with one attached hydrogen (secondary N) is 2. The van der Waals surface area contributed by atoms with Crippen molar-refractivity contribution in [1.29, 1.82) is 0 Å². The Morgan fingerprint density at radius 1 is 1.05 bits per heavy atom. The molecular weight excluding hydrogens is 506 g/mol. The van der Waals surface area contributed by atoms with Gasteiger partial charge in [0.25, 0.3) is 0 Å². The van der Waals surface area contributed by atoms with Gasteiger partial charge in [0, 0.05) is 36.5 Å². The van der Waals surface area contributed by atoms with Crippen LogP contribution in [0.25, 0.3) is 10.9 Å². The molecule has 0 radical (unpaired) electrons. The first-order valence-corrected chi connectivity index (χ1v) is 14.1. The number of hydrogen-bond donors (Lipinski definition) is 3. The molecule has 8 heteroatoms. The number of amides is 2. The van der Waals surface area contributed by atoms with E-state index in [-0.39, 0.29) is 43.5 Å². The van der Waals surface area contributed by atoms with E-state index in [2.05, 4.69) is 10.3 Å². The number of ether oxygens (including phenoxy) is 1. The first-order chi connectivity index (χ1) is 19.5. The number of H-pyrrole nitrogens is 1. The SMILES string of the molecule is O=C1CCCC=CCC(CC(=O)N2Cc3ccccc3CC2CO)C(=O)NC(Cc2c[nH]c3ccccc23)CO1. The Morgan fingerprint density at radius 3 is 2.70 bits per heavy atom. The summed E-state index contributed by atoms with van der Waals surface area (Å²) < 4.78 is 5.56. The van der Waals surface area contributed by atoms with Crippen LogP contribution in [-0.2, 0) is 38.5 Å². The molecule has 5 rings (SSSR count). The number of esters is 1. The number of aromatic nitrogens is 1. The van der Waals surface area contributed by atoms with Crippen molar-refractivity contribution in [3.05, 3.63) is 83.6 Å². The van der Waals surface area contributed by atoms with Crippen LogP contribution in [0.5, 0.6) is 0 Å². The van der Waals surface area contributed by atoms with Crippen LogP contribution < -0.4 is 5.32 Å². The van der Waals surface area contributed by atoms with Gasteiger partial charge < -0.3 is 25.0 Å². The Labute approximate surface area is 234 Å². The maximum Gasteiger partial charge on any atom is 0.305 e. The molecular formula is C32H37N3O5. The third kappa shape index (κ3) is 6.62. The molecule has 3 atom stereocenters. The summed E-state index contributed by atoms with van der Waals surface area (Å²) in [5.41, 5.74) is 4.23. The fourth-order valence-corrected chi connectivity index (χ4v) is 5.70. The number of carbonyl (C=O) groups is 3. The summed E-state index contributed by atoms with van der Waals surface area (Å²) in [6.07, 6.45) is 9.03. The quantitative estimate of drug-likeness (QED) is 0.335. The van der Waals surface area contributed by atoms with E-state index in [4.69, 9.17) is 4.74 Å². The Bertz CT molecular complexity index is 1380. The van der Waals surface area contributed by atoms with Crippen molar-refractivity contribution in [1.82, 2.24) is 15.2 Å². The second kappa shape index (κ2) is 13.0. The van der Waals surface area contributed by atoms with Crippen LogP contribution in [0.1, 0.15) is 48.8 Å². The minimum Gasteiger partial charge on any atom is -0.463 e. The van der Waals surface area contributed by atoms with Gasteiger partial charge in [0.05, 0.1) is 24.6 Å². The number of fused-ring (bicyclic) bond motifs is 2. The molecule has 210 valence electrons. The zero-order valence-electron chi connectivity index (χ0n) is 22.7. The van der Waals surface area contributed by atoms with Crippen molar-refractivity contribution >= 4 is 28.7 Å². The van der Waals surface area contributed by atoms with Crippen molar-refractivity contribution in [2.24, 2.45) is 5.92 Å². The van der Waals surface area contributed by atoms with Crippen molar-refractivity contribution in [3.63, 3.8) is 0 Å². The van der Waals surface area contributed by atoms with Crippen molar-refractivity contribution in [2.75, 3.05) is 13.2 Å². The number of carbonyl (C=O) groups excluding carboxylic acids is 3. The molecule has 0 aliphatic carbocycles. The molecule has 2 amide bonds. The average molecular weight is 544 g/mol. The van der Waals surface area contributed by atoms with E-state index in [1.54, 1.807) is 4.90 Å². The number of hydrogen-bond acceptors (Lipinski definition) is 5. The molecule has 3 unspecified atom stereocenters. The fraction of sp³-hybridized carbons (Fsp3) is 0.406.